The number of halogens is 1. The minimum absolute atomic E-state index is 0.160. The van der Waals surface area contributed by atoms with Crippen molar-refractivity contribution in [1.29, 1.82) is 0 Å². The zero-order chi connectivity index (χ0) is 20.6. The van der Waals surface area contributed by atoms with E-state index in [0.29, 0.717) is 29.0 Å². The van der Waals surface area contributed by atoms with Crippen LogP contribution in [0.3, 0.4) is 0 Å². The molecule has 0 aliphatic carbocycles. The molecule has 0 saturated carbocycles. The summed E-state index contributed by atoms with van der Waals surface area (Å²) in [5.74, 6) is 0.0383. The lowest BCUT2D eigenvalue weighted by Gasteiger charge is -2.56. The molecule has 2 aliphatic heterocycles. The van der Waals surface area contributed by atoms with E-state index >= 15 is 0 Å². The van der Waals surface area contributed by atoms with Gasteiger partial charge in [0.2, 0.25) is 5.91 Å². The summed E-state index contributed by atoms with van der Waals surface area (Å²) in [6.07, 6.45) is 0. The Bertz CT molecular complexity index is 939. The second kappa shape index (κ2) is 7.82. The molecule has 1 fully saturated rings. The van der Waals surface area contributed by atoms with Crippen LogP contribution in [-0.4, -0.2) is 41.9 Å². The van der Waals surface area contributed by atoms with E-state index < -0.39 is 11.6 Å². The van der Waals surface area contributed by atoms with Crippen LogP contribution in [0.5, 0.6) is 5.75 Å². The average molecular weight is 432 g/mol. The number of carbonyl (C=O) groups is 1. The molecule has 8 heteroatoms. The Balaban J connectivity index is 1.73. The second-order valence-corrected chi connectivity index (χ2v) is 8.06. The molecule has 2 aromatic rings. The summed E-state index contributed by atoms with van der Waals surface area (Å²) < 4.78 is 11.7. The molecule has 0 spiro atoms. The normalized spacial score (nSPS) is 24.9. The first kappa shape index (κ1) is 19.9. The lowest BCUT2D eigenvalue weighted by atomic mass is 9.79. The monoisotopic (exact) mass is 431 g/mol. The Labute approximate surface area is 180 Å². The SMILES string of the molecule is COCCN1C(=S)N[C@@H]2c3ccccc3O[C@]1(C)[C@@H]2C(=O)Nc1ccc(Cl)cc1. The zero-order valence-corrected chi connectivity index (χ0v) is 17.7. The van der Waals surface area contributed by atoms with Crippen molar-refractivity contribution in [3.05, 3.63) is 59.1 Å². The molecule has 2 aliphatic rings. The third-order valence-electron chi connectivity index (χ3n) is 5.45. The number of amides is 1. The lowest BCUT2D eigenvalue weighted by molar-refractivity contribution is -0.150. The van der Waals surface area contributed by atoms with Crippen molar-refractivity contribution in [2.75, 3.05) is 25.6 Å². The van der Waals surface area contributed by atoms with Gasteiger partial charge in [-0.05, 0) is 49.5 Å². The Morgan fingerprint density at radius 2 is 2.03 bits per heavy atom. The van der Waals surface area contributed by atoms with Crippen molar-refractivity contribution in [3.63, 3.8) is 0 Å². The van der Waals surface area contributed by atoms with Crippen LogP contribution < -0.4 is 15.4 Å². The largest absolute Gasteiger partial charge is 0.467 e. The van der Waals surface area contributed by atoms with Gasteiger partial charge in [0.05, 0.1) is 12.6 Å². The molecule has 6 nitrogen and oxygen atoms in total. The number of anilines is 1. The number of ether oxygens (including phenoxy) is 2. The average Bonchev–Trinajstić information content (AvgIpc) is 2.69. The van der Waals surface area contributed by atoms with Crippen molar-refractivity contribution in [2.45, 2.75) is 18.7 Å². The Morgan fingerprint density at radius 3 is 2.76 bits per heavy atom. The number of benzene rings is 2. The molecule has 2 bridgehead atoms. The Hall–Kier alpha value is -2.35. The maximum Gasteiger partial charge on any atom is 0.236 e. The highest BCUT2D eigenvalue weighted by Crippen LogP contribution is 2.48. The number of methoxy groups -OCH3 is 1. The Kier molecular flexibility index (Phi) is 5.38. The van der Waals surface area contributed by atoms with Gasteiger partial charge in [0.25, 0.3) is 0 Å². The minimum atomic E-state index is -0.962. The van der Waals surface area contributed by atoms with Crippen LogP contribution in [0.1, 0.15) is 18.5 Å². The number of para-hydroxylation sites is 1. The van der Waals surface area contributed by atoms with E-state index in [2.05, 4.69) is 10.6 Å². The number of thiocarbonyl (C=S) groups is 1. The number of nitrogens with zero attached hydrogens (tertiary/aromatic N) is 1. The number of hydrogen-bond acceptors (Lipinski definition) is 4. The van der Waals surface area contributed by atoms with Crippen LogP contribution in [-0.2, 0) is 9.53 Å². The first-order valence-corrected chi connectivity index (χ1v) is 10.1. The number of hydrogen-bond donors (Lipinski definition) is 2. The van der Waals surface area contributed by atoms with Gasteiger partial charge in [-0.25, -0.2) is 0 Å². The van der Waals surface area contributed by atoms with Crippen molar-refractivity contribution in [1.82, 2.24) is 10.2 Å². The molecule has 3 atom stereocenters. The zero-order valence-electron chi connectivity index (χ0n) is 16.1. The van der Waals surface area contributed by atoms with Crippen molar-refractivity contribution >= 4 is 40.5 Å². The van der Waals surface area contributed by atoms with Crippen LogP contribution in [0.4, 0.5) is 5.69 Å². The van der Waals surface area contributed by atoms with Gasteiger partial charge >= 0.3 is 0 Å². The van der Waals surface area contributed by atoms with Crippen LogP contribution in [0, 0.1) is 5.92 Å². The van der Waals surface area contributed by atoms with Crippen molar-refractivity contribution in [3.8, 4) is 5.75 Å². The standard InChI is InChI=1S/C21H22ClN3O3S/c1-21-17(19(26)23-14-9-7-13(22)8-10-14)18(15-5-3-4-6-16(15)28-21)24-20(29)25(21)11-12-27-2/h3-10,17-18H,11-12H2,1-2H3,(H,23,26)(H,24,29)/t17-,18+,21+/m0/s1. The highest BCUT2D eigenvalue weighted by atomic mass is 35.5. The maximum atomic E-state index is 13.4. The van der Waals surface area contributed by atoms with E-state index in [4.69, 9.17) is 33.3 Å². The third kappa shape index (κ3) is 3.54. The molecule has 29 heavy (non-hydrogen) atoms. The molecule has 0 unspecified atom stereocenters. The molecular formula is C21H22ClN3O3S. The molecule has 4 rings (SSSR count). The smallest absolute Gasteiger partial charge is 0.236 e. The summed E-state index contributed by atoms with van der Waals surface area (Å²) in [4.78, 5) is 15.3. The van der Waals surface area contributed by atoms with E-state index in [1.165, 1.54) is 0 Å². The second-order valence-electron chi connectivity index (χ2n) is 7.24. The van der Waals surface area contributed by atoms with Gasteiger partial charge in [0.1, 0.15) is 11.7 Å². The summed E-state index contributed by atoms with van der Waals surface area (Å²) >= 11 is 11.6. The predicted octanol–water partition coefficient (Wildman–Crippen LogP) is 3.58. The predicted molar refractivity (Wildman–Crippen MR) is 116 cm³/mol. The summed E-state index contributed by atoms with van der Waals surface area (Å²) in [6.45, 7) is 2.86. The fourth-order valence-corrected chi connectivity index (χ4v) is 4.58. The fourth-order valence-electron chi connectivity index (χ4n) is 4.06. The van der Waals surface area contributed by atoms with E-state index in [-0.39, 0.29) is 11.9 Å². The molecule has 1 saturated heterocycles. The van der Waals surface area contributed by atoms with E-state index in [1.54, 1.807) is 31.4 Å². The first-order valence-electron chi connectivity index (χ1n) is 9.35. The number of carbonyl (C=O) groups excluding carboxylic acids is 1. The van der Waals surface area contributed by atoms with E-state index in [0.717, 1.165) is 11.3 Å². The maximum absolute atomic E-state index is 13.4. The first-order chi connectivity index (χ1) is 13.9. The highest BCUT2D eigenvalue weighted by Gasteiger charge is 2.58. The lowest BCUT2D eigenvalue weighted by Crippen LogP contribution is -2.72. The highest BCUT2D eigenvalue weighted by molar-refractivity contribution is 7.80. The van der Waals surface area contributed by atoms with Crippen LogP contribution in [0.25, 0.3) is 0 Å². The number of rotatable bonds is 5. The van der Waals surface area contributed by atoms with Gasteiger partial charge in [-0.3, -0.25) is 4.79 Å². The molecule has 2 heterocycles. The van der Waals surface area contributed by atoms with Crippen LogP contribution in [0.2, 0.25) is 5.02 Å². The van der Waals surface area contributed by atoms with Gasteiger partial charge in [-0.2, -0.15) is 0 Å². The van der Waals surface area contributed by atoms with Gasteiger partial charge in [0, 0.05) is 29.9 Å². The summed E-state index contributed by atoms with van der Waals surface area (Å²) in [6, 6.07) is 14.5. The summed E-state index contributed by atoms with van der Waals surface area (Å²) in [7, 11) is 1.63. The third-order valence-corrected chi connectivity index (χ3v) is 6.04. The molecule has 0 radical (unpaired) electrons. The van der Waals surface area contributed by atoms with Crippen molar-refractivity contribution in [2.24, 2.45) is 5.92 Å². The number of fused-ring (bicyclic) bond motifs is 4. The van der Waals surface area contributed by atoms with Gasteiger partial charge in [-0.15, -0.1) is 0 Å². The van der Waals surface area contributed by atoms with Gasteiger partial charge in [-0.1, -0.05) is 29.8 Å². The van der Waals surface area contributed by atoms with Crippen molar-refractivity contribution < 1.29 is 14.3 Å². The fraction of sp³-hybridized carbons (Fsp3) is 0.333. The number of nitrogens with one attached hydrogen (secondary N) is 2. The van der Waals surface area contributed by atoms with Crippen LogP contribution >= 0.6 is 23.8 Å². The molecule has 1 amide bonds. The quantitative estimate of drug-likeness (QED) is 0.705. The molecular weight excluding hydrogens is 410 g/mol. The van der Waals surface area contributed by atoms with Crippen LogP contribution in [0.15, 0.2) is 48.5 Å². The summed E-state index contributed by atoms with van der Waals surface area (Å²) in [5, 5.41) is 7.50. The van der Waals surface area contributed by atoms with Gasteiger partial charge in [0.15, 0.2) is 10.8 Å². The Morgan fingerprint density at radius 1 is 1.31 bits per heavy atom. The topological polar surface area (TPSA) is 62.8 Å². The molecule has 152 valence electrons. The summed E-state index contributed by atoms with van der Waals surface area (Å²) in [5.41, 5.74) is 0.622. The molecule has 2 aromatic carbocycles. The van der Waals surface area contributed by atoms with E-state index in [1.807, 2.05) is 36.1 Å². The minimum Gasteiger partial charge on any atom is -0.467 e. The van der Waals surface area contributed by atoms with Gasteiger partial charge < -0.3 is 25.0 Å². The molecule has 0 aromatic heterocycles. The van der Waals surface area contributed by atoms with E-state index in [9.17, 15) is 4.79 Å². The molecule has 2 N–H and O–H groups in total.